The second-order valence-electron chi connectivity index (χ2n) is 7.15. The predicted octanol–water partition coefficient (Wildman–Crippen LogP) is 4.15. The van der Waals surface area contributed by atoms with E-state index >= 15 is 0 Å². The standard InChI is InChI=1S/C22H19ClN8O/c1-2-15(28-20-18-19(25-11-24-18)26-12-27-20)21-29-16-10-6-9-14(23)17(16)22(32)31(21)30-13-7-4-3-5-8-13/h3-12,15,30H,2H2,1H3,(H2,24,25,26,27,28). The number of fused-ring (bicyclic) bond motifs is 2. The number of rotatable bonds is 6. The van der Waals surface area contributed by atoms with Crippen molar-refractivity contribution in [3.05, 3.63) is 82.4 Å². The van der Waals surface area contributed by atoms with Gasteiger partial charge in [-0.3, -0.25) is 10.2 Å². The van der Waals surface area contributed by atoms with Crippen molar-refractivity contribution in [3.8, 4) is 0 Å². The molecule has 10 heteroatoms. The highest BCUT2D eigenvalue weighted by atomic mass is 35.5. The van der Waals surface area contributed by atoms with E-state index in [2.05, 4.69) is 30.7 Å². The highest BCUT2D eigenvalue weighted by Crippen LogP contribution is 2.26. The van der Waals surface area contributed by atoms with Gasteiger partial charge >= 0.3 is 0 Å². The van der Waals surface area contributed by atoms with Gasteiger partial charge in [0.1, 0.15) is 11.8 Å². The number of benzene rings is 2. The minimum Gasteiger partial charge on any atom is -0.358 e. The monoisotopic (exact) mass is 446 g/mol. The van der Waals surface area contributed by atoms with Gasteiger partial charge in [-0.15, -0.1) is 0 Å². The summed E-state index contributed by atoms with van der Waals surface area (Å²) in [6, 6.07) is 14.3. The number of anilines is 2. The summed E-state index contributed by atoms with van der Waals surface area (Å²) in [5, 5.41) is 4.10. The Morgan fingerprint density at radius 2 is 1.94 bits per heavy atom. The van der Waals surface area contributed by atoms with Crippen LogP contribution in [0, 0.1) is 0 Å². The van der Waals surface area contributed by atoms with E-state index in [-0.39, 0.29) is 11.6 Å². The first kappa shape index (κ1) is 20.0. The molecule has 32 heavy (non-hydrogen) atoms. The zero-order chi connectivity index (χ0) is 22.1. The first-order valence-corrected chi connectivity index (χ1v) is 10.5. The van der Waals surface area contributed by atoms with Crippen LogP contribution in [0.5, 0.6) is 0 Å². The summed E-state index contributed by atoms with van der Waals surface area (Å²) in [6.45, 7) is 2.00. The van der Waals surface area contributed by atoms with E-state index < -0.39 is 0 Å². The van der Waals surface area contributed by atoms with Crippen LogP contribution >= 0.6 is 11.6 Å². The summed E-state index contributed by atoms with van der Waals surface area (Å²) in [7, 11) is 0. The average Bonchev–Trinajstić information content (AvgIpc) is 3.30. The third kappa shape index (κ3) is 3.52. The van der Waals surface area contributed by atoms with E-state index in [4.69, 9.17) is 16.6 Å². The van der Waals surface area contributed by atoms with Crippen LogP contribution in [-0.4, -0.2) is 29.6 Å². The number of nitrogens with one attached hydrogen (secondary N) is 3. The molecule has 0 aliphatic carbocycles. The summed E-state index contributed by atoms with van der Waals surface area (Å²) in [5.41, 5.74) is 5.40. The van der Waals surface area contributed by atoms with Gasteiger partial charge in [0.2, 0.25) is 0 Å². The van der Waals surface area contributed by atoms with Crippen molar-refractivity contribution in [1.82, 2.24) is 29.6 Å². The van der Waals surface area contributed by atoms with Gasteiger partial charge < -0.3 is 10.3 Å². The third-order valence-corrected chi connectivity index (χ3v) is 5.46. The van der Waals surface area contributed by atoms with E-state index in [9.17, 15) is 4.79 Å². The Bertz CT molecular complexity index is 1460. The lowest BCUT2D eigenvalue weighted by Crippen LogP contribution is -2.34. The summed E-state index contributed by atoms with van der Waals surface area (Å²) in [6.07, 6.45) is 3.64. The molecule has 0 aliphatic heterocycles. The SMILES string of the molecule is CCC(Nc1ncnc2nc[nH]c12)c1nc2cccc(Cl)c2c(=O)n1Nc1ccccc1. The largest absolute Gasteiger partial charge is 0.358 e. The van der Waals surface area contributed by atoms with Crippen molar-refractivity contribution in [1.29, 1.82) is 0 Å². The zero-order valence-electron chi connectivity index (χ0n) is 17.1. The number of hydrogen-bond donors (Lipinski definition) is 3. The van der Waals surface area contributed by atoms with Crippen LogP contribution < -0.4 is 16.3 Å². The Kier molecular flexibility index (Phi) is 5.16. The van der Waals surface area contributed by atoms with Crippen LogP contribution in [-0.2, 0) is 0 Å². The van der Waals surface area contributed by atoms with Crippen LogP contribution in [0.25, 0.3) is 22.1 Å². The molecule has 0 saturated heterocycles. The van der Waals surface area contributed by atoms with E-state index in [0.717, 1.165) is 5.69 Å². The number of hydrogen-bond acceptors (Lipinski definition) is 7. The Hall–Kier alpha value is -3.98. The molecule has 3 aromatic heterocycles. The molecule has 0 bridgehead atoms. The number of nitrogens with zero attached hydrogens (tertiary/aromatic N) is 5. The fourth-order valence-corrected chi connectivity index (χ4v) is 3.83. The van der Waals surface area contributed by atoms with Gasteiger partial charge in [0.05, 0.1) is 34.0 Å². The van der Waals surface area contributed by atoms with Gasteiger partial charge in [0, 0.05) is 0 Å². The van der Waals surface area contributed by atoms with Crippen LogP contribution in [0.2, 0.25) is 5.02 Å². The van der Waals surface area contributed by atoms with Crippen LogP contribution in [0.3, 0.4) is 0 Å². The van der Waals surface area contributed by atoms with Gasteiger partial charge in [-0.2, -0.15) is 0 Å². The fraction of sp³-hybridized carbons (Fsp3) is 0.136. The molecule has 3 heterocycles. The molecule has 0 fully saturated rings. The molecular weight excluding hydrogens is 428 g/mol. The second kappa shape index (κ2) is 8.27. The number of imidazole rings is 1. The Morgan fingerprint density at radius 3 is 2.75 bits per heavy atom. The maximum atomic E-state index is 13.5. The number of halogens is 1. The Labute approximate surface area is 187 Å². The smallest absolute Gasteiger partial charge is 0.281 e. The zero-order valence-corrected chi connectivity index (χ0v) is 17.8. The van der Waals surface area contributed by atoms with Crippen LogP contribution in [0.15, 0.2) is 66.0 Å². The molecule has 160 valence electrons. The highest BCUT2D eigenvalue weighted by molar-refractivity contribution is 6.35. The fourth-order valence-electron chi connectivity index (χ4n) is 3.58. The van der Waals surface area contributed by atoms with Crippen molar-refractivity contribution >= 4 is 45.2 Å². The van der Waals surface area contributed by atoms with E-state index in [1.165, 1.54) is 11.0 Å². The van der Waals surface area contributed by atoms with Crippen LogP contribution in [0.1, 0.15) is 25.2 Å². The highest BCUT2D eigenvalue weighted by Gasteiger charge is 2.22. The van der Waals surface area contributed by atoms with Gasteiger partial charge in [0.15, 0.2) is 17.3 Å². The summed E-state index contributed by atoms with van der Waals surface area (Å²) in [5.74, 6) is 1.08. The molecule has 1 unspecified atom stereocenters. The molecule has 0 spiro atoms. The molecular formula is C22H19ClN8O. The van der Waals surface area contributed by atoms with Crippen molar-refractivity contribution in [2.75, 3.05) is 10.7 Å². The minimum atomic E-state index is -0.344. The van der Waals surface area contributed by atoms with Crippen molar-refractivity contribution in [3.63, 3.8) is 0 Å². The molecule has 3 N–H and O–H groups in total. The summed E-state index contributed by atoms with van der Waals surface area (Å²) >= 11 is 6.36. The quantitative estimate of drug-likeness (QED) is 0.359. The summed E-state index contributed by atoms with van der Waals surface area (Å²) < 4.78 is 1.44. The molecule has 9 nitrogen and oxygen atoms in total. The van der Waals surface area contributed by atoms with E-state index in [1.807, 2.05) is 37.3 Å². The maximum Gasteiger partial charge on any atom is 0.281 e. The molecule has 1 atom stereocenters. The van der Waals surface area contributed by atoms with Crippen LogP contribution in [0.4, 0.5) is 11.5 Å². The maximum absolute atomic E-state index is 13.5. The molecule has 0 radical (unpaired) electrons. The van der Waals surface area contributed by atoms with Gasteiger partial charge in [0.25, 0.3) is 5.56 Å². The van der Waals surface area contributed by atoms with E-state index in [0.29, 0.717) is 45.2 Å². The lowest BCUT2D eigenvalue weighted by atomic mass is 10.1. The molecule has 0 saturated carbocycles. The first-order chi connectivity index (χ1) is 15.7. The molecule has 5 aromatic rings. The predicted molar refractivity (Wildman–Crippen MR) is 125 cm³/mol. The molecule has 0 aliphatic rings. The lowest BCUT2D eigenvalue weighted by molar-refractivity contribution is 0.641. The second-order valence-corrected chi connectivity index (χ2v) is 7.56. The van der Waals surface area contributed by atoms with E-state index in [1.54, 1.807) is 24.5 Å². The third-order valence-electron chi connectivity index (χ3n) is 5.14. The topological polar surface area (TPSA) is 113 Å². The summed E-state index contributed by atoms with van der Waals surface area (Å²) in [4.78, 5) is 34.1. The molecule has 5 rings (SSSR count). The lowest BCUT2D eigenvalue weighted by Gasteiger charge is -2.23. The molecule has 0 amide bonds. The van der Waals surface area contributed by atoms with Crippen molar-refractivity contribution < 1.29 is 0 Å². The average molecular weight is 447 g/mol. The van der Waals surface area contributed by atoms with Gasteiger partial charge in [-0.05, 0) is 30.7 Å². The Morgan fingerprint density at radius 1 is 1.09 bits per heavy atom. The number of para-hydroxylation sites is 1. The first-order valence-electron chi connectivity index (χ1n) is 10.1. The molecule has 2 aromatic carbocycles. The number of aromatic amines is 1. The van der Waals surface area contributed by atoms with Gasteiger partial charge in [-0.25, -0.2) is 24.6 Å². The Balaban J connectivity index is 1.67. The minimum absolute atomic E-state index is 0.283. The normalized spacial score (nSPS) is 12.2. The van der Waals surface area contributed by atoms with Crippen molar-refractivity contribution in [2.45, 2.75) is 19.4 Å². The number of H-pyrrole nitrogens is 1. The van der Waals surface area contributed by atoms with Crippen molar-refractivity contribution in [2.24, 2.45) is 0 Å². The van der Waals surface area contributed by atoms with Gasteiger partial charge in [-0.1, -0.05) is 42.8 Å². The number of aromatic nitrogens is 6.